The highest BCUT2D eigenvalue weighted by Crippen LogP contribution is 2.25. The van der Waals surface area contributed by atoms with Gasteiger partial charge in [0.05, 0.1) is 5.69 Å². The van der Waals surface area contributed by atoms with Crippen molar-refractivity contribution in [2.45, 2.75) is 26.3 Å². The SMILES string of the molecule is Cc1csc(N(C)C(C)(C)C(=O)O)n1. The predicted molar refractivity (Wildman–Crippen MR) is 57.0 cm³/mol. The summed E-state index contributed by atoms with van der Waals surface area (Å²) < 4.78 is 0. The zero-order chi connectivity index (χ0) is 10.9. The predicted octanol–water partition coefficient (Wildman–Crippen LogP) is 1.75. The molecule has 0 fully saturated rings. The lowest BCUT2D eigenvalue weighted by Crippen LogP contribution is -2.48. The number of carboxylic acid groups (broad SMARTS) is 1. The van der Waals surface area contributed by atoms with Gasteiger partial charge >= 0.3 is 5.97 Å². The Morgan fingerprint density at radius 2 is 2.21 bits per heavy atom. The van der Waals surface area contributed by atoms with Gasteiger partial charge in [0, 0.05) is 12.4 Å². The van der Waals surface area contributed by atoms with Crippen molar-refractivity contribution in [2.24, 2.45) is 0 Å². The number of aromatic nitrogens is 1. The lowest BCUT2D eigenvalue weighted by atomic mass is 10.1. The Balaban J connectivity index is 2.95. The van der Waals surface area contributed by atoms with Crippen LogP contribution in [-0.4, -0.2) is 28.6 Å². The van der Waals surface area contributed by atoms with Crippen molar-refractivity contribution in [1.82, 2.24) is 4.98 Å². The second-order valence-electron chi connectivity index (χ2n) is 3.69. The number of anilines is 1. The summed E-state index contributed by atoms with van der Waals surface area (Å²) in [6, 6.07) is 0. The molecule has 0 bridgehead atoms. The van der Waals surface area contributed by atoms with Crippen molar-refractivity contribution in [2.75, 3.05) is 11.9 Å². The molecule has 0 aliphatic rings. The van der Waals surface area contributed by atoms with Crippen LogP contribution in [0.3, 0.4) is 0 Å². The number of aliphatic carboxylic acids is 1. The number of likely N-dealkylation sites (N-methyl/N-ethyl adjacent to an activating group) is 1. The first-order chi connectivity index (χ1) is 6.35. The zero-order valence-corrected chi connectivity index (χ0v) is 9.55. The maximum atomic E-state index is 11.0. The summed E-state index contributed by atoms with van der Waals surface area (Å²) in [5.41, 5.74) is -0.0114. The molecule has 1 heterocycles. The van der Waals surface area contributed by atoms with Gasteiger partial charge in [-0.05, 0) is 20.8 Å². The van der Waals surface area contributed by atoms with E-state index in [2.05, 4.69) is 4.98 Å². The van der Waals surface area contributed by atoms with E-state index < -0.39 is 11.5 Å². The van der Waals surface area contributed by atoms with E-state index >= 15 is 0 Å². The summed E-state index contributed by atoms with van der Waals surface area (Å²) in [6.45, 7) is 5.21. The van der Waals surface area contributed by atoms with Gasteiger partial charge in [-0.15, -0.1) is 11.3 Å². The Morgan fingerprint density at radius 1 is 1.64 bits per heavy atom. The third kappa shape index (κ3) is 1.87. The van der Waals surface area contributed by atoms with Crippen molar-refractivity contribution < 1.29 is 9.90 Å². The number of carboxylic acids is 1. The smallest absolute Gasteiger partial charge is 0.329 e. The highest BCUT2D eigenvalue weighted by molar-refractivity contribution is 7.13. The van der Waals surface area contributed by atoms with Crippen LogP contribution >= 0.6 is 11.3 Å². The van der Waals surface area contributed by atoms with Crippen LogP contribution in [0.25, 0.3) is 0 Å². The molecule has 1 rings (SSSR count). The minimum atomic E-state index is -0.926. The van der Waals surface area contributed by atoms with Crippen molar-refractivity contribution in [3.8, 4) is 0 Å². The summed E-state index contributed by atoms with van der Waals surface area (Å²) in [5, 5.41) is 11.7. The van der Waals surface area contributed by atoms with Crippen LogP contribution in [0.2, 0.25) is 0 Å². The highest BCUT2D eigenvalue weighted by Gasteiger charge is 2.33. The fraction of sp³-hybridized carbons (Fsp3) is 0.556. The standard InChI is InChI=1S/C9H14N2O2S/c1-6-5-14-8(10-6)11(4)9(2,3)7(12)13/h5H,1-4H3,(H,12,13). The Labute approximate surface area is 87.2 Å². The Morgan fingerprint density at radius 3 is 2.57 bits per heavy atom. The second-order valence-corrected chi connectivity index (χ2v) is 4.53. The molecule has 14 heavy (non-hydrogen) atoms. The summed E-state index contributed by atoms with van der Waals surface area (Å²) in [7, 11) is 1.74. The topological polar surface area (TPSA) is 53.4 Å². The van der Waals surface area contributed by atoms with Crippen LogP contribution in [0.15, 0.2) is 5.38 Å². The maximum absolute atomic E-state index is 11.0. The fourth-order valence-electron chi connectivity index (χ4n) is 0.878. The minimum Gasteiger partial charge on any atom is -0.480 e. The molecular formula is C9H14N2O2S. The largest absolute Gasteiger partial charge is 0.480 e. The third-order valence-corrected chi connectivity index (χ3v) is 3.29. The number of thiazole rings is 1. The molecular weight excluding hydrogens is 200 g/mol. The fourth-order valence-corrected chi connectivity index (χ4v) is 1.79. The molecule has 0 unspecified atom stereocenters. The van der Waals surface area contributed by atoms with E-state index in [1.165, 1.54) is 11.3 Å². The molecule has 4 nitrogen and oxygen atoms in total. The summed E-state index contributed by atoms with van der Waals surface area (Å²) >= 11 is 1.45. The molecule has 5 heteroatoms. The molecule has 0 aliphatic carbocycles. The maximum Gasteiger partial charge on any atom is 0.329 e. The van der Waals surface area contributed by atoms with Gasteiger partial charge < -0.3 is 10.0 Å². The average Bonchev–Trinajstić information content (AvgIpc) is 2.50. The third-order valence-electron chi connectivity index (χ3n) is 2.26. The number of hydrogen-bond donors (Lipinski definition) is 1. The van der Waals surface area contributed by atoms with E-state index in [1.807, 2.05) is 12.3 Å². The van der Waals surface area contributed by atoms with Gasteiger partial charge in [-0.1, -0.05) is 0 Å². The molecule has 0 aromatic carbocycles. The number of carbonyl (C=O) groups is 1. The van der Waals surface area contributed by atoms with Crippen LogP contribution in [0.5, 0.6) is 0 Å². The van der Waals surface area contributed by atoms with E-state index in [4.69, 9.17) is 5.11 Å². The molecule has 78 valence electrons. The lowest BCUT2D eigenvalue weighted by molar-refractivity contribution is -0.142. The first-order valence-electron chi connectivity index (χ1n) is 4.25. The summed E-state index contributed by atoms with van der Waals surface area (Å²) in [5.74, 6) is -0.854. The molecule has 1 aromatic rings. The molecule has 0 spiro atoms. The monoisotopic (exact) mass is 214 g/mol. The zero-order valence-electron chi connectivity index (χ0n) is 8.74. The minimum absolute atomic E-state index is 0.731. The summed E-state index contributed by atoms with van der Waals surface area (Å²) in [4.78, 5) is 16.9. The number of aryl methyl sites for hydroxylation is 1. The molecule has 0 saturated heterocycles. The van der Waals surface area contributed by atoms with Crippen LogP contribution in [0, 0.1) is 6.92 Å². The van der Waals surface area contributed by atoms with Crippen LogP contribution < -0.4 is 4.90 Å². The number of rotatable bonds is 3. The van der Waals surface area contributed by atoms with E-state index in [1.54, 1.807) is 25.8 Å². The number of nitrogens with zero attached hydrogens (tertiary/aromatic N) is 2. The van der Waals surface area contributed by atoms with Crippen molar-refractivity contribution in [3.63, 3.8) is 0 Å². The molecule has 0 amide bonds. The quantitative estimate of drug-likeness (QED) is 0.833. The second kappa shape index (κ2) is 3.57. The van der Waals surface area contributed by atoms with Gasteiger partial charge in [0.1, 0.15) is 5.54 Å². The van der Waals surface area contributed by atoms with E-state index in [9.17, 15) is 4.79 Å². The van der Waals surface area contributed by atoms with Crippen molar-refractivity contribution in [1.29, 1.82) is 0 Å². The molecule has 0 atom stereocenters. The van der Waals surface area contributed by atoms with Crippen molar-refractivity contribution >= 4 is 22.4 Å². The number of hydrogen-bond acceptors (Lipinski definition) is 4. The Bertz CT molecular complexity index is 346. The summed E-state index contributed by atoms with van der Waals surface area (Å²) in [6.07, 6.45) is 0. The average molecular weight is 214 g/mol. The normalized spacial score (nSPS) is 11.4. The van der Waals surface area contributed by atoms with Crippen LogP contribution in [-0.2, 0) is 4.79 Å². The van der Waals surface area contributed by atoms with Gasteiger partial charge in [0.15, 0.2) is 5.13 Å². The van der Waals surface area contributed by atoms with Crippen molar-refractivity contribution in [3.05, 3.63) is 11.1 Å². The van der Waals surface area contributed by atoms with Gasteiger partial charge in [-0.2, -0.15) is 0 Å². The first kappa shape index (κ1) is 11.0. The van der Waals surface area contributed by atoms with Crippen LogP contribution in [0.1, 0.15) is 19.5 Å². The Hall–Kier alpha value is -1.10. The van der Waals surface area contributed by atoms with Gasteiger partial charge in [0.2, 0.25) is 0 Å². The Kier molecular flexibility index (Phi) is 2.80. The lowest BCUT2D eigenvalue weighted by Gasteiger charge is -2.31. The van der Waals surface area contributed by atoms with E-state index in [0.29, 0.717) is 0 Å². The molecule has 0 radical (unpaired) electrons. The molecule has 0 aliphatic heterocycles. The van der Waals surface area contributed by atoms with Gasteiger partial charge in [0.25, 0.3) is 0 Å². The molecule has 0 saturated carbocycles. The van der Waals surface area contributed by atoms with Crippen LogP contribution in [0.4, 0.5) is 5.13 Å². The highest BCUT2D eigenvalue weighted by atomic mass is 32.1. The van der Waals surface area contributed by atoms with Gasteiger partial charge in [-0.25, -0.2) is 9.78 Å². The molecule has 1 N–H and O–H groups in total. The van der Waals surface area contributed by atoms with E-state index in [0.717, 1.165) is 10.8 Å². The first-order valence-corrected chi connectivity index (χ1v) is 5.13. The van der Waals surface area contributed by atoms with Gasteiger partial charge in [-0.3, -0.25) is 0 Å². The molecule has 1 aromatic heterocycles. The van der Waals surface area contributed by atoms with E-state index in [-0.39, 0.29) is 0 Å².